The number of carbonyl (C=O) groups is 1. The topological polar surface area (TPSA) is 79.3 Å². The Bertz CT molecular complexity index is 228. The minimum Gasteiger partial charge on any atom is -0.368 e. The highest BCUT2D eigenvalue weighted by atomic mass is 16.1. The average molecular weight is 153 g/mol. The summed E-state index contributed by atoms with van der Waals surface area (Å²) in [5.41, 5.74) is 5.40. The van der Waals surface area contributed by atoms with Gasteiger partial charge in [0.05, 0.1) is 0 Å². The maximum Gasteiger partial charge on any atom is 0.212 e. The van der Waals surface area contributed by atoms with Crippen LogP contribution in [-0.2, 0) is 4.79 Å². The van der Waals surface area contributed by atoms with Gasteiger partial charge in [-0.15, -0.1) is 0 Å². The molecule has 0 radical (unpaired) electrons. The highest BCUT2D eigenvalue weighted by Gasteiger charge is 1.96. The fraction of sp³-hybridized carbons (Fsp3) is 0.286. The number of rotatable bonds is 2. The summed E-state index contributed by atoms with van der Waals surface area (Å²) in [5, 5.41) is 6.75. The summed E-state index contributed by atoms with van der Waals surface area (Å²) in [6.45, 7) is 3.16. The van der Waals surface area contributed by atoms with Crippen LogP contribution in [0.3, 0.4) is 0 Å². The van der Waals surface area contributed by atoms with Gasteiger partial charge >= 0.3 is 0 Å². The van der Waals surface area contributed by atoms with Gasteiger partial charge < -0.3 is 5.73 Å². The number of guanidine groups is 1. The molecule has 0 unspecified atom stereocenters. The van der Waals surface area contributed by atoms with E-state index in [2.05, 4.69) is 4.99 Å². The molecule has 0 aliphatic carbocycles. The highest BCUT2D eigenvalue weighted by Crippen LogP contribution is 1.90. The first-order valence-electron chi connectivity index (χ1n) is 3.13. The van der Waals surface area contributed by atoms with Crippen molar-refractivity contribution in [3.8, 4) is 0 Å². The number of nitrogens with zero attached hydrogens (tertiary/aromatic N) is 1. The van der Waals surface area contributed by atoms with Crippen molar-refractivity contribution in [2.24, 2.45) is 10.7 Å². The predicted octanol–water partition coefficient (Wildman–Crippen LogP) is 0.486. The fourth-order valence-corrected chi connectivity index (χ4v) is 0.508. The summed E-state index contributed by atoms with van der Waals surface area (Å²) in [6.07, 6.45) is 2.90. The number of allylic oxidation sites excluding steroid dienone is 2. The number of hydrogen-bond donors (Lipinski definition) is 2. The number of hydrogen-bond acceptors (Lipinski definition) is 2. The van der Waals surface area contributed by atoms with Gasteiger partial charge in [-0.2, -0.15) is 0 Å². The molecule has 0 fully saturated rings. The average Bonchev–Trinajstić information content (AvgIpc) is 1.87. The van der Waals surface area contributed by atoms with E-state index >= 15 is 0 Å². The number of carbonyl (C=O) groups excluding carboxylic acids is 1. The van der Waals surface area contributed by atoms with Crippen LogP contribution in [0.15, 0.2) is 16.6 Å². The van der Waals surface area contributed by atoms with E-state index in [9.17, 15) is 4.79 Å². The Morgan fingerprint density at radius 2 is 2.18 bits per heavy atom. The molecular weight excluding hydrogens is 142 g/mol. The molecule has 0 aliphatic heterocycles. The van der Waals surface area contributed by atoms with Gasteiger partial charge in [-0.05, 0) is 13.8 Å². The van der Waals surface area contributed by atoms with Crippen LogP contribution in [0.5, 0.6) is 0 Å². The molecule has 0 heterocycles. The lowest BCUT2D eigenvalue weighted by atomic mass is 10.2. The Morgan fingerprint density at radius 3 is 2.45 bits per heavy atom. The normalized spacial score (nSPS) is 12.0. The molecule has 0 spiro atoms. The van der Waals surface area contributed by atoms with Gasteiger partial charge in [0.15, 0.2) is 5.78 Å². The van der Waals surface area contributed by atoms with E-state index in [0.29, 0.717) is 5.57 Å². The van der Waals surface area contributed by atoms with Crippen LogP contribution in [0.4, 0.5) is 0 Å². The van der Waals surface area contributed by atoms with Gasteiger partial charge in [-0.25, -0.2) is 4.99 Å². The second-order valence-corrected chi connectivity index (χ2v) is 1.94. The molecule has 0 amide bonds. The van der Waals surface area contributed by atoms with E-state index in [0.717, 1.165) is 0 Å². The van der Waals surface area contributed by atoms with Crippen LogP contribution in [0.2, 0.25) is 0 Å². The lowest BCUT2D eigenvalue weighted by Gasteiger charge is -1.91. The van der Waals surface area contributed by atoms with Crippen molar-refractivity contribution in [1.82, 2.24) is 0 Å². The Morgan fingerprint density at radius 1 is 1.64 bits per heavy atom. The fourth-order valence-electron chi connectivity index (χ4n) is 0.508. The van der Waals surface area contributed by atoms with Gasteiger partial charge in [-0.1, -0.05) is 6.08 Å². The SMILES string of the molecule is C/C=C(\C=NC(=N)N)C(C)=O. The molecule has 4 heteroatoms. The van der Waals surface area contributed by atoms with Crippen molar-refractivity contribution in [2.45, 2.75) is 13.8 Å². The lowest BCUT2D eigenvalue weighted by molar-refractivity contribution is -0.113. The maximum absolute atomic E-state index is 10.7. The van der Waals surface area contributed by atoms with Crippen molar-refractivity contribution in [3.05, 3.63) is 11.6 Å². The number of nitrogens with one attached hydrogen (secondary N) is 1. The molecular formula is C7H11N3O. The van der Waals surface area contributed by atoms with Gasteiger partial charge in [0.2, 0.25) is 5.96 Å². The molecule has 0 saturated heterocycles. The quantitative estimate of drug-likeness (QED) is 0.344. The standard InChI is InChI=1S/C7H11N3O/c1-3-6(5(2)11)4-10-7(8)9/h3-4H,1-2H3,(H3,8,9)/b6-3+,10-4?. The number of ketones is 1. The van der Waals surface area contributed by atoms with Crippen molar-refractivity contribution in [1.29, 1.82) is 5.41 Å². The van der Waals surface area contributed by atoms with E-state index in [4.69, 9.17) is 11.1 Å². The molecule has 3 N–H and O–H groups in total. The maximum atomic E-state index is 10.7. The first-order chi connectivity index (χ1) is 5.07. The second kappa shape index (κ2) is 4.38. The minimum absolute atomic E-state index is 0.0856. The molecule has 4 nitrogen and oxygen atoms in total. The van der Waals surface area contributed by atoms with Crippen molar-refractivity contribution in [3.63, 3.8) is 0 Å². The largest absolute Gasteiger partial charge is 0.368 e. The minimum atomic E-state index is -0.300. The second-order valence-electron chi connectivity index (χ2n) is 1.94. The van der Waals surface area contributed by atoms with E-state index in [1.807, 2.05) is 0 Å². The molecule has 11 heavy (non-hydrogen) atoms. The molecule has 0 aromatic rings. The Kier molecular flexibility index (Phi) is 3.80. The highest BCUT2D eigenvalue weighted by molar-refractivity contribution is 6.13. The third-order valence-corrected chi connectivity index (χ3v) is 1.06. The predicted molar refractivity (Wildman–Crippen MR) is 44.8 cm³/mol. The van der Waals surface area contributed by atoms with Gasteiger partial charge in [0, 0.05) is 11.8 Å². The van der Waals surface area contributed by atoms with E-state index in [1.54, 1.807) is 13.0 Å². The molecule has 0 atom stereocenters. The summed E-state index contributed by atoms with van der Waals surface area (Å²) in [4.78, 5) is 14.2. The monoisotopic (exact) mass is 153 g/mol. The van der Waals surface area contributed by atoms with Gasteiger partial charge in [0.1, 0.15) is 0 Å². The Hall–Kier alpha value is -1.45. The molecule has 0 aromatic carbocycles. The Labute approximate surface area is 65.3 Å². The summed E-state index contributed by atoms with van der Waals surface area (Å²) < 4.78 is 0. The van der Waals surface area contributed by atoms with Crippen molar-refractivity contribution in [2.75, 3.05) is 0 Å². The number of aliphatic imine (C=N–C) groups is 1. The van der Waals surface area contributed by atoms with Crippen LogP contribution in [0, 0.1) is 5.41 Å². The van der Waals surface area contributed by atoms with Crippen LogP contribution >= 0.6 is 0 Å². The molecule has 0 bridgehead atoms. The van der Waals surface area contributed by atoms with Crippen molar-refractivity contribution >= 4 is 18.0 Å². The van der Waals surface area contributed by atoms with Gasteiger partial charge in [-0.3, -0.25) is 10.2 Å². The number of Topliss-reactive ketones (excluding diaryl/α,β-unsaturated/α-hetero) is 1. The summed E-state index contributed by atoms with van der Waals surface area (Å²) >= 11 is 0. The van der Waals surface area contributed by atoms with E-state index in [-0.39, 0.29) is 11.7 Å². The van der Waals surface area contributed by atoms with Crippen molar-refractivity contribution < 1.29 is 4.79 Å². The van der Waals surface area contributed by atoms with Crippen LogP contribution in [0.1, 0.15) is 13.8 Å². The third kappa shape index (κ3) is 4.02. The van der Waals surface area contributed by atoms with E-state index < -0.39 is 0 Å². The van der Waals surface area contributed by atoms with Crippen LogP contribution in [-0.4, -0.2) is 18.0 Å². The van der Waals surface area contributed by atoms with Crippen LogP contribution in [0.25, 0.3) is 0 Å². The molecule has 0 aromatic heterocycles. The zero-order valence-corrected chi connectivity index (χ0v) is 6.59. The smallest absolute Gasteiger partial charge is 0.212 e. The molecule has 0 rings (SSSR count). The van der Waals surface area contributed by atoms with Gasteiger partial charge in [0.25, 0.3) is 0 Å². The first kappa shape index (κ1) is 9.55. The van der Waals surface area contributed by atoms with E-state index in [1.165, 1.54) is 13.1 Å². The number of nitrogens with two attached hydrogens (primary N) is 1. The third-order valence-electron chi connectivity index (χ3n) is 1.06. The van der Waals surface area contributed by atoms with Crippen LogP contribution < -0.4 is 5.73 Å². The Balaban J connectivity index is 4.34. The molecule has 0 saturated carbocycles. The molecule has 0 aliphatic rings. The summed E-state index contributed by atoms with van der Waals surface area (Å²) in [7, 11) is 0. The lowest BCUT2D eigenvalue weighted by Crippen LogP contribution is -2.07. The first-order valence-corrected chi connectivity index (χ1v) is 3.13. The molecule has 60 valence electrons. The summed E-state index contributed by atoms with van der Waals surface area (Å²) in [5.74, 6) is -0.386. The zero-order valence-electron chi connectivity index (χ0n) is 6.59. The zero-order chi connectivity index (χ0) is 8.85. The summed E-state index contributed by atoms with van der Waals surface area (Å²) in [6, 6.07) is 0.